The minimum Gasteiger partial charge on any atom is -0.350 e. The molecule has 0 unspecified atom stereocenters. The predicted molar refractivity (Wildman–Crippen MR) is 129 cm³/mol. The average Bonchev–Trinajstić information content (AvgIpc) is 3.50. The molecule has 0 atom stereocenters. The van der Waals surface area contributed by atoms with Crippen LogP contribution in [0.15, 0.2) is 41.8 Å². The SMILES string of the molecule is CC(C)(C)CNC(=O)c1cc(-c2cccs2)c2n1CCc1ccc(N3CCNC3=O)cc1-2. The number of fused-ring (bicyclic) bond motifs is 3. The lowest BCUT2D eigenvalue weighted by atomic mass is 9.95. The van der Waals surface area contributed by atoms with Gasteiger partial charge in [-0.15, -0.1) is 11.3 Å². The van der Waals surface area contributed by atoms with Crippen LogP contribution in [0.1, 0.15) is 36.8 Å². The van der Waals surface area contributed by atoms with E-state index in [0.717, 1.165) is 40.4 Å². The number of carbonyl (C=O) groups is 2. The van der Waals surface area contributed by atoms with Crippen molar-refractivity contribution in [3.05, 3.63) is 53.0 Å². The van der Waals surface area contributed by atoms with Gasteiger partial charge in [-0.25, -0.2) is 4.79 Å². The van der Waals surface area contributed by atoms with Gasteiger partial charge in [0.1, 0.15) is 5.69 Å². The van der Waals surface area contributed by atoms with Crippen molar-refractivity contribution in [2.24, 2.45) is 5.41 Å². The smallest absolute Gasteiger partial charge is 0.321 e. The Labute approximate surface area is 192 Å². The van der Waals surface area contributed by atoms with Gasteiger partial charge in [0.2, 0.25) is 0 Å². The molecule has 32 heavy (non-hydrogen) atoms. The summed E-state index contributed by atoms with van der Waals surface area (Å²) in [5.41, 5.74) is 6.10. The number of aromatic nitrogens is 1. The molecule has 2 N–H and O–H groups in total. The highest BCUT2D eigenvalue weighted by Crippen LogP contribution is 2.43. The number of nitrogens with zero attached hydrogens (tertiary/aromatic N) is 2. The molecule has 0 spiro atoms. The highest BCUT2D eigenvalue weighted by molar-refractivity contribution is 7.13. The van der Waals surface area contributed by atoms with Crippen LogP contribution in [0, 0.1) is 5.41 Å². The number of hydrogen-bond acceptors (Lipinski definition) is 3. The molecule has 0 saturated carbocycles. The quantitative estimate of drug-likeness (QED) is 0.605. The second kappa shape index (κ2) is 7.81. The summed E-state index contributed by atoms with van der Waals surface area (Å²) >= 11 is 1.68. The molecule has 6 nitrogen and oxygen atoms in total. The first kappa shape index (κ1) is 20.8. The molecule has 166 valence electrons. The Bertz CT molecular complexity index is 1190. The average molecular weight is 449 g/mol. The molecule has 0 aliphatic carbocycles. The number of urea groups is 1. The lowest BCUT2D eigenvalue weighted by Gasteiger charge is -2.25. The first-order valence-electron chi connectivity index (χ1n) is 11.1. The Kier molecular flexibility index (Phi) is 5.08. The summed E-state index contributed by atoms with van der Waals surface area (Å²) in [5, 5.41) is 8.06. The van der Waals surface area contributed by atoms with E-state index in [1.165, 1.54) is 5.56 Å². The molecule has 0 bridgehead atoms. The summed E-state index contributed by atoms with van der Waals surface area (Å²) in [4.78, 5) is 28.4. The highest BCUT2D eigenvalue weighted by atomic mass is 32.1. The molecular weight excluding hydrogens is 420 g/mol. The maximum atomic E-state index is 13.2. The standard InChI is InChI=1S/C25H28N4O2S/c1-25(2,3)15-27-23(30)20-14-19(21-5-4-12-32-21)22-18-13-17(28-11-9-26-24(28)31)7-6-16(18)8-10-29(20)22/h4-7,12-14H,8-11,15H2,1-3H3,(H,26,31)(H,27,30). The van der Waals surface area contributed by atoms with Crippen molar-refractivity contribution in [1.29, 1.82) is 0 Å². The summed E-state index contributed by atoms with van der Waals surface area (Å²) in [6.45, 7) is 9.04. The summed E-state index contributed by atoms with van der Waals surface area (Å²) in [6, 6.07) is 12.4. The molecule has 5 rings (SSSR count). The fraction of sp³-hybridized carbons (Fsp3) is 0.360. The molecule has 1 fully saturated rings. The maximum absolute atomic E-state index is 13.2. The zero-order valence-electron chi connectivity index (χ0n) is 18.7. The lowest BCUT2D eigenvalue weighted by Crippen LogP contribution is -2.33. The van der Waals surface area contributed by atoms with Crippen LogP contribution < -0.4 is 15.5 Å². The fourth-order valence-corrected chi connectivity index (χ4v) is 5.18. The molecule has 1 aromatic carbocycles. The van der Waals surface area contributed by atoms with Crippen LogP contribution in [0.4, 0.5) is 10.5 Å². The molecular formula is C25H28N4O2S. The zero-order chi connectivity index (χ0) is 22.5. The van der Waals surface area contributed by atoms with Crippen LogP contribution in [0.3, 0.4) is 0 Å². The Balaban J connectivity index is 1.62. The van der Waals surface area contributed by atoms with Crippen LogP contribution >= 0.6 is 11.3 Å². The highest BCUT2D eigenvalue weighted by Gasteiger charge is 2.29. The third-order valence-corrected chi connectivity index (χ3v) is 6.92. The third-order valence-electron chi connectivity index (χ3n) is 6.02. The van der Waals surface area contributed by atoms with Crippen molar-refractivity contribution in [3.63, 3.8) is 0 Å². The van der Waals surface area contributed by atoms with Gasteiger partial charge in [-0.1, -0.05) is 32.9 Å². The van der Waals surface area contributed by atoms with Crippen LogP contribution in [0.5, 0.6) is 0 Å². The number of carbonyl (C=O) groups excluding carboxylic acids is 2. The van der Waals surface area contributed by atoms with Crippen molar-refractivity contribution in [2.75, 3.05) is 24.5 Å². The number of thiophene rings is 1. The second-order valence-electron chi connectivity index (χ2n) is 9.64. The van der Waals surface area contributed by atoms with Gasteiger partial charge in [0.25, 0.3) is 5.91 Å². The van der Waals surface area contributed by atoms with E-state index in [2.05, 4.69) is 59.6 Å². The van der Waals surface area contributed by atoms with E-state index in [1.54, 1.807) is 16.2 Å². The Morgan fingerprint density at radius 2 is 2.00 bits per heavy atom. The number of aryl methyl sites for hydroxylation is 1. The molecule has 2 aliphatic heterocycles. The molecule has 3 amide bonds. The number of anilines is 1. The lowest BCUT2D eigenvalue weighted by molar-refractivity contribution is 0.0930. The minimum atomic E-state index is -0.0585. The summed E-state index contributed by atoms with van der Waals surface area (Å²) < 4.78 is 2.16. The van der Waals surface area contributed by atoms with Gasteiger partial charge in [0.05, 0.1) is 5.69 Å². The first-order chi connectivity index (χ1) is 15.3. The van der Waals surface area contributed by atoms with Gasteiger partial charge in [0, 0.05) is 47.9 Å². The van der Waals surface area contributed by atoms with Crippen molar-refractivity contribution in [1.82, 2.24) is 15.2 Å². The molecule has 2 aliphatic rings. The maximum Gasteiger partial charge on any atom is 0.321 e. The van der Waals surface area contributed by atoms with E-state index in [-0.39, 0.29) is 17.4 Å². The van der Waals surface area contributed by atoms with Gasteiger partial charge in [0.15, 0.2) is 0 Å². The Hall–Kier alpha value is -3.06. The summed E-state index contributed by atoms with van der Waals surface area (Å²) in [7, 11) is 0. The van der Waals surface area contributed by atoms with E-state index < -0.39 is 0 Å². The van der Waals surface area contributed by atoms with E-state index in [4.69, 9.17) is 0 Å². The van der Waals surface area contributed by atoms with Gasteiger partial charge in [-0.3, -0.25) is 9.69 Å². The third kappa shape index (κ3) is 3.71. The second-order valence-corrected chi connectivity index (χ2v) is 10.6. The van der Waals surface area contributed by atoms with Gasteiger partial charge < -0.3 is 15.2 Å². The Morgan fingerprint density at radius 3 is 2.69 bits per heavy atom. The van der Waals surface area contributed by atoms with Crippen LogP contribution in [-0.4, -0.2) is 36.1 Å². The molecule has 3 aromatic rings. The van der Waals surface area contributed by atoms with Crippen molar-refractivity contribution in [3.8, 4) is 21.7 Å². The number of nitrogens with one attached hydrogen (secondary N) is 2. The minimum absolute atomic E-state index is 0.0152. The predicted octanol–water partition coefficient (Wildman–Crippen LogP) is 4.75. The summed E-state index contributed by atoms with van der Waals surface area (Å²) in [5.74, 6) is -0.0393. The summed E-state index contributed by atoms with van der Waals surface area (Å²) in [6.07, 6.45) is 0.854. The number of rotatable bonds is 4. The molecule has 1 saturated heterocycles. The van der Waals surface area contributed by atoms with Crippen molar-refractivity contribution in [2.45, 2.75) is 33.7 Å². The molecule has 0 radical (unpaired) electrons. The van der Waals surface area contributed by atoms with Crippen molar-refractivity contribution < 1.29 is 9.59 Å². The van der Waals surface area contributed by atoms with Crippen LogP contribution in [0.25, 0.3) is 21.7 Å². The van der Waals surface area contributed by atoms with E-state index >= 15 is 0 Å². The fourth-order valence-electron chi connectivity index (χ4n) is 4.44. The molecule has 2 aromatic heterocycles. The number of hydrogen-bond donors (Lipinski definition) is 2. The topological polar surface area (TPSA) is 66.4 Å². The number of benzene rings is 1. The van der Waals surface area contributed by atoms with Crippen LogP contribution in [-0.2, 0) is 13.0 Å². The van der Waals surface area contributed by atoms with E-state index in [1.807, 2.05) is 18.2 Å². The molecule has 7 heteroatoms. The number of amides is 3. The van der Waals surface area contributed by atoms with Crippen LogP contribution in [0.2, 0.25) is 0 Å². The van der Waals surface area contributed by atoms with Gasteiger partial charge in [-0.2, -0.15) is 0 Å². The van der Waals surface area contributed by atoms with Gasteiger partial charge >= 0.3 is 6.03 Å². The Morgan fingerprint density at radius 1 is 1.16 bits per heavy atom. The largest absolute Gasteiger partial charge is 0.350 e. The normalized spacial score (nSPS) is 15.3. The van der Waals surface area contributed by atoms with E-state index in [9.17, 15) is 9.59 Å². The van der Waals surface area contributed by atoms with E-state index in [0.29, 0.717) is 25.3 Å². The van der Waals surface area contributed by atoms with Crippen molar-refractivity contribution >= 4 is 29.0 Å². The monoisotopic (exact) mass is 448 g/mol. The van der Waals surface area contributed by atoms with Gasteiger partial charge in [-0.05, 0) is 47.0 Å². The zero-order valence-corrected chi connectivity index (χ0v) is 19.5. The first-order valence-corrected chi connectivity index (χ1v) is 11.9. The molecule has 4 heterocycles.